The Bertz CT molecular complexity index is 385. The minimum atomic E-state index is -2.89. The number of aryl methyl sites for hydroxylation is 1. The van der Waals surface area contributed by atoms with Crippen LogP contribution in [0.5, 0.6) is 5.75 Å². The van der Waals surface area contributed by atoms with E-state index in [1.54, 1.807) is 6.07 Å². The highest BCUT2D eigenvalue weighted by Gasteiger charge is 2.10. The smallest absolute Gasteiger partial charge is 0.387 e. The minimum absolute atomic E-state index is 0.0360. The first-order valence-corrected chi connectivity index (χ1v) is 5.15. The summed E-state index contributed by atoms with van der Waals surface area (Å²) in [4.78, 5) is 0. The van der Waals surface area contributed by atoms with Crippen LogP contribution in [0.1, 0.15) is 30.9 Å². The molecule has 86 valence electrons. The van der Waals surface area contributed by atoms with Gasteiger partial charge in [0.2, 0.25) is 0 Å². The number of ether oxygens (including phenoxy) is 1. The van der Waals surface area contributed by atoms with Gasteiger partial charge in [-0.05, 0) is 30.5 Å². The van der Waals surface area contributed by atoms with Crippen molar-refractivity contribution in [1.29, 1.82) is 5.26 Å². The number of benzene rings is 1. The second kappa shape index (κ2) is 6.06. The number of rotatable bonds is 5. The number of hydrogen-bond acceptors (Lipinski definition) is 2. The summed E-state index contributed by atoms with van der Waals surface area (Å²) in [5.74, 6) is -0.0360. The molecule has 0 fully saturated rings. The standard InChI is InChI=1S/C12H13F2NO/c1-2-3-4-9-5-6-10(8-15)11(7-9)16-12(13)14/h5-7,12H,2-4H2,1H3. The Kier molecular flexibility index (Phi) is 4.71. The van der Waals surface area contributed by atoms with Crippen LogP contribution in [0, 0.1) is 11.3 Å². The molecule has 0 saturated heterocycles. The highest BCUT2D eigenvalue weighted by Crippen LogP contribution is 2.22. The topological polar surface area (TPSA) is 33.0 Å². The fourth-order valence-corrected chi connectivity index (χ4v) is 1.39. The van der Waals surface area contributed by atoms with Crippen molar-refractivity contribution in [2.45, 2.75) is 32.8 Å². The fourth-order valence-electron chi connectivity index (χ4n) is 1.39. The van der Waals surface area contributed by atoms with E-state index in [9.17, 15) is 8.78 Å². The summed E-state index contributed by atoms with van der Waals surface area (Å²) in [5.41, 5.74) is 1.05. The maximum Gasteiger partial charge on any atom is 0.387 e. The van der Waals surface area contributed by atoms with Gasteiger partial charge < -0.3 is 4.74 Å². The highest BCUT2D eigenvalue weighted by molar-refractivity contribution is 5.45. The first-order chi connectivity index (χ1) is 7.67. The Balaban J connectivity index is 2.88. The Labute approximate surface area is 93.5 Å². The highest BCUT2D eigenvalue weighted by atomic mass is 19.3. The maximum atomic E-state index is 12.1. The van der Waals surface area contributed by atoms with Gasteiger partial charge in [-0.1, -0.05) is 19.4 Å². The van der Waals surface area contributed by atoms with Crippen molar-refractivity contribution in [2.75, 3.05) is 0 Å². The lowest BCUT2D eigenvalue weighted by Crippen LogP contribution is -2.04. The number of unbranched alkanes of at least 4 members (excludes halogenated alkanes) is 1. The van der Waals surface area contributed by atoms with Gasteiger partial charge in [-0.25, -0.2) is 0 Å². The third kappa shape index (κ3) is 3.50. The van der Waals surface area contributed by atoms with Crippen LogP contribution >= 0.6 is 0 Å². The summed E-state index contributed by atoms with van der Waals surface area (Å²) in [6.07, 6.45) is 2.83. The van der Waals surface area contributed by atoms with E-state index < -0.39 is 6.61 Å². The Hall–Kier alpha value is -1.63. The molecule has 1 rings (SSSR count). The van der Waals surface area contributed by atoms with E-state index in [4.69, 9.17) is 5.26 Å². The molecule has 16 heavy (non-hydrogen) atoms. The maximum absolute atomic E-state index is 12.1. The summed E-state index contributed by atoms with van der Waals surface area (Å²) in [6.45, 7) is -0.839. The Morgan fingerprint density at radius 2 is 2.19 bits per heavy atom. The van der Waals surface area contributed by atoms with E-state index in [1.165, 1.54) is 12.1 Å². The average Bonchev–Trinajstić information content (AvgIpc) is 2.26. The molecule has 0 spiro atoms. The van der Waals surface area contributed by atoms with Gasteiger partial charge in [-0.2, -0.15) is 14.0 Å². The van der Waals surface area contributed by atoms with Crippen molar-refractivity contribution in [2.24, 2.45) is 0 Å². The molecule has 2 nitrogen and oxygen atoms in total. The molecule has 0 atom stereocenters. The third-order valence-corrected chi connectivity index (χ3v) is 2.20. The molecule has 0 N–H and O–H groups in total. The zero-order valence-corrected chi connectivity index (χ0v) is 9.04. The van der Waals surface area contributed by atoms with Gasteiger partial charge in [0.05, 0.1) is 5.56 Å². The molecule has 0 aliphatic heterocycles. The summed E-state index contributed by atoms with van der Waals surface area (Å²) >= 11 is 0. The zero-order chi connectivity index (χ0) is 12.0. The second-order valence-corrected chi connectivity index (χ2v) is 3.42. The SMILES string of the molecule is CCCCc1ccc(C#N)c(OC(F)F)c1. The summed E-state index contributed by atoms with van der Waals surface area (Å²) in [6, 6.07) is 6.63. The van der Waals surface area contributed by atoms with Crippen LogP contribution in [0.15, 0.2) is 18.2 Å². The van der Waals surface area contributed by atoms with Crippen LogP contribution in [0.3, 0.4) is 0 Å². The van der Waals surface area contributed by atoms with Crippen LogP contribution in [-0.4, -0.2) is 6.61 Å². The molecule has 0 unspecified atom stereocenters. The molecule has 0 aliphatic rings. The van der Waals surface area contributed by atoms with Gasteiger partial charge in [-0.15, -0.1) is 0 Å². The van der Waals surface area contributed by atoms with Gasteiger partial charge >= 0.3 is 6.61 Å². The van der Waals surface area contributed by atoms with Crippen molar-refractivity contribution in [3.8, 4) is 11.8 Å². The van der Waals surface area contributed by atoms with E-state index in [2.05, 4.69) is 11.7 Å². The van der Waals surface area contributed by atoms with Crippen molar-refractivity contribution in [3.63, 3.8) is 0 Å². The Morgan fingerprint density at radius 1 is 1.44 bits per heavy atom. The van der Waals surface area contributed by atoms with Crippen molar-refractivity contribution >= 4 is 0 Å². The minimum Gasteiger partial charge on any atom is -0.433 e. The van der Waals surface area contributed by atoms with Crippen molar-refractivity contribution in [3.05, 3.63) is 29.3 Å². The molecule has 0 saturated carbocycles. The summed E-state index contributed by atoms with van der Waals surface area (Å²) in [5, 5.41) is 8.72. The molecule has 0 aliphatic carbocycles. The quantitative estimate of drug-likeness (QED) is 0.768. The van der Waals surface area contributed by atoms with E-state index in [1.807, 2.05) is 6.07 Å². The van der Waals surface area contributed by atoms with Crippen LogP contribution < -0.4 is 4.74 Å². The number of halogens is 2. The molecule has 0 aromatic heterocycles. The van der Waals surface area contributed by atoms with Gasteiger partial charge in [0.15, 0.2) is 0 Å². The first-order valence-electron chi connectivity index (χ1n) is 5.15. The van der Waals surface area contributed by atoms with E-state index in [0.29, 0.717) is 0 Å². The average molecular weight is 225 g/mol. The number of hydrogen-bond donors (Lipinski definition) is 0. The monoisotopic (exact) mass is 225 g/mol. The fraction of sp³-hybridized carbons (Fsp3) is 0.417. The van der Waals surface area contributed by atoms with E-state index in [0.717, 1.165) is 24.8 Å². The molecule has 4 heteroatoms. The zero-order valence-electron chi connectivity index (χ0n) is 9.04. The largest absolute Gasteiger partial charge is 0.433 e. The third-order valence-electron chi connectivity index (χ3n) is 2.20. The van der Waals surface area contributed by atoms with Crippen molar-refractivity contribution < 1.29 is 13.5 Å². The molecule has 1 aromatic carbocycles. The lowest BCUT2D eigenvalue weighted by Gasteiger charge is -2.08. The van der Waals surface area contributed by atoms with Crippen LogP contribution in [0.4, 0.5) is 8.78 Å². The lowest BCUT2D eigenvalue weighted by atomic mass is 10.1. The molecular formula is C12H13F2NO. The molecule has 0 bridgehead atoms. The van der Waals surface area contributed by atoms with Crippen LogP contribution in [0.2, 0.25) is 0 Å². The van der Waals surface area contributed by atoms with Gasteiger partial charge in [0, 0.05) is 0 Å². The molecule has 0 amide bonds. The molecular weight excluding hydrogens is 212 g/mol. The van der Waals surface area contributed by atoms with Crippen molar-refractivity contribution in [1.82, 2.24) is 0 Å². The predicted molar refractivity (Wildman–Crippen MR) is 56.4 cm³/mol. The van der Waals surface area contributed by atoms with E-state index in [-0.39, 0.29) is 11.3 Å². The summed E-state index contributed by atoms with van der Waals surface area (Å²) in [7, 11) is 0. The molecule has 0 radical (unpaired) electrons. The Morgan fingerprint density at radius 3 is 2.75 bits per heavy atom. The molecule has 1 aromatic rings. The van der Waals surface area contributed by atoms with Crippen LogP contribution in [-0.2, 0) is 6.42 Å². The second-order valence-electron chi connectivity index (χ2n) is 3.42. The normalized spacial score (nSPS) is 10.2. The number of nitrogens with zero attached hydrogens (tertiary/aromatic N) is 1. The number of alkyl halides is 2. The molecule has 0 heterocycles. The van der Waals surface area contributed by atoms with E-state index >= 15 is 0 Å². The van der Waals surface area contributed by atoms with Gasteiger partial charge in [0.25, 0.3) is 0 Å². The number of nitriles is 1. The predicted octanol–water partition coefficient (Wildman–Crippen LogP) is 3.50. The summed E-state index contributed by atoms with van der Waals surface area (Å²) < 4.78 is 28.5. The van der Waals surface area contributed by atoms with Crippen LogP contribution in [0.25, 0.3) is 0 Å². The van der Waals surface area contributed by atoms with Gasteiger partial charge in [0.1, 0.15) is 11.8 Å². The lowest BCUT2D eigenvalue weighted by molar-refractivity contribution is -0.0500. The van der Waals surface area contributed by atoms with Gasteiger partial charge in [-0.3, -0.25) is 0 Å². The first kappa shape index (κ1) is 12.4.